The van der Waals surface area contributed by atoms with Gasteiger partial charge in [-0.3, -0.25) is 0 Å². The number of halogens is 4. The summed E-state index contributed by atoms with van der Waals surface area (Å²) < 4.78 is 44.5. The van der Waals surface area contributed by atoms with Gasteiger partial charge in [-0.05, 0) is 35.9 Å². The first-order valence-electron chi connectivity index (χ1n) is 6.13. The standard InChI is InChI=1S/C15H13BrF3NO/c1-21-12-4-2-3-10(7-12)9-20-14-8-11(16)5-6-13(14)15(17,18)19/h2-8,20H,9H2,1H3. The van der Waals surface area contributed by atoms with E-state index in [0.29, 0.717) is 10.2 Å². The molecule has 0 saturated carbocycles. The van der Waals surface area contributed by atoms with Gasteiger partial charge in [0.05, 0.1) is 12.7 Å². The van der Waals surface area contributed by atoms with Gasteiger partial charge in [-0.15, -0.1) is 0 Å². The number of methoxy groups -OCH3 is 1. The fourth-order valence-electron chi connectivity index (χ4n) is 1.89. The SMILES string of the molecule is COc1cccc(CNc2cc(Br)ccc2C(F)(F)F)c1. The highest BCUT2D eigenvalue weighted by Gasteiger charge is 2.33. The monoisotopic (exact) mass is 359 g/mol. The smallest absolute Gasteiger partial charge is 0.418 e. The van der Waals surface area contributed by atoms with Crippen LogP contribution in [0.2, 0.25) is 0 Å². The van der Waals surface area contributed by atoms with E-state index in [0.717, 1.165) is 11.6 Å². The lowest BCUT2D eigenvalue weighted by atomic mass is 10.1. The van der Waals surface area contributed by atoms with Crippen LogP contribution in [0.25, 0.3) is 0 Å². The molecule has 112 valence electrons. The first-order valence-corrected chi connectivity index (χ1v) is 6.93. The number of nitrogens with one attached hydrogen (secondary N) is 1. The molecule has 0 amide bonds. The minimum atomic E-state index is -4.39. The zero-order chi connectivity index (χ0) is 15.5. The molecule has 0 aliphatic rings. The van der Waals surface area contributed by atoms with Crippen molar-refractivity contribution in [3.8, 4) is 5.75 Å². The van der Waals surface area contributed by atoms with Gasteiger partial charge in [0, 0.05) is 16.7 Å². The van der Waals surface area contributed by atoms with Crippen molar-refractivity contribution < 1.29 is 17.9 Å². The lowest BCUT2D eigenvalue weighted by Gasteiger charge is -2.15. The Bertz CT molecular complexity index is 629. The van der Waals surface area contributed by atoms with Gasteiger partial charge < -0.3 is 10.1 Å². The second-order valence-corrected chi connectivity index (χ2v) is 5.31. The zero-order valence-electron chi connectivity index (χ0n) is 11.2. The average molecular weight is 360 g/mol. The topological polar surface area (TPSA) is 21.3 Å². The van der Waals surface area contributed by atoms with Gasteiger partial charge in [0.15, 0.2) is 0 Å². The van der Waals surface area contributed by atoms with Crippen LogP contribution < -0.4 is 10.1 Å². The molecule has 2 rings (SSSR count). The maximum atomic E-state index is 12.9. The van der Waals surface area contributed by atoms with Gasteiger partial charge in [0.2, 0.25) is 0 Å². The highest BCUT2D eigenvalue weighted by atomic mass is 79.9. The number of benzene rings is 2. The lowest BCUT2D eigenvalue weighted by Crippen LogP contribution is -2.10. The second kappa shape index (κ2) is 6.39. The molecular weight excluding hydrogens is 347 g/mol. The maximum Gasteiger partial charge on any atom is 0.418 e. The van der Waals surface area contributed by atoms with Crippen molar-refractivity contribution in [3.05, 3.63) is 58.1 Å². The second-order valence-electron chi connectivity index (χ2n) is 4.39. The Morgan fingerprint density at radius 2 is 1.90 bits per heavy atom. The Hall–Kier alpha value is -1.69. The summed E-state index contributed by atoms with van der Waals surface area (Å²) in [5, 5.41) is 2.82. The molecule has 0 unspecified atom stereocenters. The summed E-state index contributed by atoms with van der Waals surface area (Å²) in [5.41, 5.74) is 0.191. The number of anilines is 1. The molecule has 1 N–H and O–H groups in total. The molecule has 0 aliphatic heterocycles. The van der Waals surface area contributed by atoms with Crippen molar-refractivity contribution in [1.29, 1.82) is 0 Å². The number of hydrogen-bond acceptors (Lipinski definition) is 2. The summed E-state index contributed by atoms with van der Waals surface area (Å²) in [4.78, 5) is 0. The molecule has 0 radical (unpaired) electrons. The summed E-state index contributed by atoms with van der Waals surface area (Å²) in [5.74, 6) is 0.666. The van der Waals surface area contributed by atoms with Gasteiger partial charge in [-0.1, -0.05) is 28.1 Å². The van der Waals surface area contributed by atoms with Crippen molar-refractivity contribution in [2.75, 3.05) is 12.4 Å². The van der Waals surface area contributed by atoms with Crippen LogP contribution in [0.15, 0.2) is 46.9 Å². The van der Waals surface area contributed by atoms with Gasteiger partial charge >= 0.3 is 6.18 Å². The summed E-state index contributed by atoms with van der Waals surface area (Å²) in [7, 11) is 1.54. The van der Waals surface area contributed by atoms with Crippen LogP contribution in [0, 0.1) is 0 Å². The molecule has 2 aromatic carbocycles. The molecule has 0 aromatic heterocycles. The van der Waals surface area contributed by atoms with Crippen molar-refractivity contribution in [2.45, 2.75) is 12.7 Å². The fourth-order valence-corrected chi connectivity index (χ4v) is 2.25. The first kappa shape index (κ1) is 15.7. The Morgan fingerprint density at radius 1 is 1.14 bits per heavy atom. The van der Waals surface area contributed by atoms with E-state index in [1.807, 2.05) is 6.07 Å². The Kier molecular flexibility index (Phi) is 4.77. The molecule has 0 spiro atoms. The molecule has 21 heavy (non-hydrogen) atoms. The summed E-state index contributed by atoms with van der Waals surface area (Å²) >= 11 is 3.18. The number of alkyl halides is 3. The van der Waals surface area contributed by atoms with Crippen molar-refractivity contribution in [2.24, 2.45) is 0 Å². The average Bonchev–Trinajstić information content (AvgIpc) is 2.44. The molecule has 2 nitrogen and oxygen atoms in total. The van der Waals surface area contributed by atoms with Crippen LogP contribution in [-0.2, 0) is 12.7 Å². The highest BCUT2D eigenvalue weighted by Crippen LogP contribution is 2.36. The number of ether oxygens (including phenoxy) is 1. The van der Waals surface area contributed by atoms with Crippen LogP contribution in [-0.4, -0.2) is 7.11 Å². The van der Waals surface area contributed by atoms with Gasteiger partial charge in [0.1, 0.15) is 5.75 Å². The van der Waals surface area contributed by atoms with Gasteiger partial charge in [-0.25, -0.2) is 0 Å². The largest absolute Gasteiger partial charge is 0.497 e. The first-order chi connectivity index (χ1) is 9.90. The van der Waals surface area contributed by atoms with Gasteiger partial charge in [0.25, 0.3) is 0 Å². The maximum absolute atomic E-state index is 12.9. The molecule has 0 fully saturated rings. The van der Waals surface area contributed by atoms with E-state index in [4.69, 9.17) is 4.74 Å². The van der Waals surface area contributed by atoms with Crippen LogP contribution in [0.3, 0.4) is 0 Å². The Labute approximate surface area is 129 Å². The van der Waals surface area contributed by atoms with E-state index >= 15 is 0 Å². The molecular formula is C15H13BrF3NO. The third-order valence-electron chi connectivity index (χ3n) is 2.90. The summed E-state index contributed by atoms with van der Waals surface area (Å²) in [6, 6.07) is 11.0. The molecule has 0 saturated heterocycles. The number of rotatable bonds is 4. The highest BCUT2D eigenvalue weighted by molar-refractivity contribution is 9.10. The van der Waals surface area contributed by atoms with Crippen molar-refractivity contribution >= 4 is 21.6 Å². The van der Waals surface area contributed by atoms with Crippen LogP contribution in [0.5, 0.6) is 5.75 Å². The normalized spacial score (nSPS) is 11.3. The van der Waals surface area contributed by atoms with E-state index in [1.54, 1.807) is 25.3 Å². The van der Waals surface area contributed by atoms with Gasteiger partial charge in [-0.2, -0.15) is 13.2 Å². The summed E-state index contributed by atoms with van der Waals surface area (Å²) in [6.45, 7) is 0.275. The predicted octanol–water partition coefficient (Wildman–Crippen LogP) is 5.09. The molecule has 0 heterocycles. The third-order valence-corrected chi connectivity index (χ3v) is 3.40. The molecule has 0 atom stereocenters. The number of hydrogen-bond donors (Lipinski definition) is 1. The zero-order valence-corrected chi connectivity index (χ0v) is 12.8. The van der Waals surface area contributed by atoms with E-state index in [9.17, 15) is 13.2 Å². The van der Waals surface area contributed by atoms with E-state index < -0.39 is 11.7 Å². The van der Waals surface area contributed by atoms with E-state index in [1.165, 1.54) is 12.1 Å². The fraction of sp³-hybridized carbons (Fsp3) is 0.200. The third kappa shape index (κ3) is 4.14. The molecule has 0 aliphatic carbocycles. The Balaban J connectivity index is 2.21. The molecule has 6 heteroatoms. The minimum absolute atomic E-state index is 0.0414. The van der Waals surface area contributed by atoms with Crippen LogP contribution in [0.1, 0.15) is 11.1 Å². The van der Waals surface area contributed by atoms with Crippen LogP contribution >= 0.6 is 15.9 Å². The Morgan fingerprint density at radius 3 is 2.57 bits per heavy atom. The van der Waals surface area contributed by atoms with Crippen LogP contribution in [0.4, 0.5) is 18.9 Å². The van der Waals surface area contributed by atoms with E-state index in [2.05, 4.69) is 21.2 Å². The predicted molar refractivity (Wildman–Crippen MR) is 79.5 cm³/mol. The minimum Gasteiger partial charge on any atom is -0.497 e. The van der Waals surface area contributed by atoms with Crippen molar-refractivity contribution in [1.82, 2.24) is 0 Å². The lowest BCUT2D eigenvalue weighted by molar-refractivity contribution is -0.137. The molecule has 2 aromatic rings. The molecule has 0 bridgehead atoms. The summed E-state index contributed by atoms with van der Waals surface area (Å²) in [6.07, 6.45) is -4.39. The quantitative estimate of drug-likeness (QED) is 0.820. The van der Waals surface area contributed by atoms with E-state index in [-0.39, 0.29) is 12.2 Å². The van der Waals surface area contributed by atoms with Crippen molar-refractivity contribution in [3.63, 3.8) is 0 Å².